The molecule has 0 fully saturated rings. The molecule has 2 rings (SSSR count). The van der Waals surface area contributed by atoms with E-state index in [2.05, 4.69) is 4.74 Å². The van der Waals surface area contributed by atoms with Crippen molar-refractivity contribution in [3.63, 3.8) is 0 Å². The van der Waals surface area contributed by atoms with Crippen LogP contribution in [0.25, 0.3) is 5.70 Å². The molecule has 1 aromatic rings. The molecule has 0 spiro atoms. The lowest BCUT2D eigenvalue weighted by molar-refractivity contribution is -0.137. The first kappa shape index (κ1) is 14.1. The number of carboxylic acid groups (broad SMARTS) is 1. The smallest absolute Gasteiger partial charge is 0.414 e. The van der Waals surface area contributed by atoms with Crippen molar-refractivity contribution in [1.82, 2.24) is 4.90 Å². The summed E-state index contributed by atoms with van der Waals surface area (Å²) in [6.07, 6.45) is -0.939. The second-order valence-corrected chi connectivity index (χ2v) is 5.76. The zero-order chi connectivity index (χ0) is 14.9. The fourth-order valence-corrected chi connectivity index (χ4v) is 3.33. The number of ether oxygens (including phenoxy) is 1. The highest BCUT2D eigenvalue weighted by molar-refractivity contribution is 7.95. The van der Waals surface area contributed by atoms with Gasteiger partial charge in [0.15, 0.2) is 0 Å². The fourth-order valence-electron chi connectivity index (χ4n) is 1.90. The van der Waals surface area contributed by atoms with Crippen LogP contribution in [0.4, 0.5) is 4.79 Å². The molecule has 8 heteroatoms. The van der Waals surface area contributed by atoms with Crippen LogP contribution in [0.2, 0.25) is 0 Å². The van der Waals surface area contributed by atoms with E-state index in [4.69, 9.17) is 5.11 Å². The van der Waals surface area contributed by atoms with Gasteiger partial charge in [0.1, 0.15) is 6.54 Å². The number of hydrogen-bond donors (Lipinski definition) is 1. The minimum atomic E-state index is -3.68. The molecule has 1 heterocycles. The van der Waals surface area contributed by atoms with Crippen LogP contribution in [0.3, 0.4) is 0 Å². The molecule has 0 saturated carbocycles. The Morgan fingerprint density at radius 1 is 1.30 bits per heavy atom. The summed E-state index contributed by atoms with van der Waals surface area (Å²) in [4.78, 5) is 23.3. The molecule has 0 unspecified atom stereocenters. The molecule has 7 nitrogen and oxygen atoms in total. The lowest BCUT2D eigenvalue weighted by Gasteiger charge is -2.20. The van der Waals surface area contributed by atoms with Gasteiger partial charge in [-0.2, -0.15) is 0 Å². The van der Waals surface area contributed by atoms with Gasteiger partial charge >= 0.3 is 12.1 Å². The summed E-state index contributed by atoms with van der Waals surface area (Å²) in [7, 11) is -2.59. The maximum Gasteiger partial charge on any atom is 0.414 e. The number of carboxylic acids is 1. The van der Waals surface area contributed by atoms with E-state index in [0.717, 1.165) is 17.4 Å². The number of benzene rings is 1. The van der Waals surface area contributed by atoms with Crippen LogP contribution >= 0.6 is 0 Å². The molecule has 1 aliphatic rings. The summed E-state index contributed by atoms with van der Waals surface area (Å²) in [5.41, 5.74) is 0.272. The fraction of sp³-hybridized carbons (Fsp3) is 0.167. The normalized spacial score (nSPS) is 15.2. The number of fused-ring (bicyclic) bond motifs is 1. The zero-order valence-electron chi connectivity index (χ0n) is 10.4. The first-order valence-corrected chi connectivity index (χ1v) is 7.05. The van der Waals surface area contributed by atoms with Crippen LogP contribution in [0.1, 0.15) is 5.56 Å². The number of carbonyl (C=O) groups excluding carboxylic acids is 1. The first-order valence-electron chi connectivity index (χ1n) is 5.50. The Bertz CT molecular complexity index is 706. The van der Waals surface area contributed by atoms with Crippen LogP contribution < -0.4 is 0 Å². The average molecular weight is 297 g/mol. The second kappa shape index (κ2) is 4.97. The molecule has 106 valence electrons. The van der Waals surface area contributed by atoms with Gasteiger partial charge in [0, 0.05) is 5.56 Å². The Morgan fingerprint density at radius 3 is 2.55 bits per heavy atom. The molecule has 20 heavy (non-hydrogen) atoms. The van der Waals surface area contributed by atoms with E-state index < -0.39 is 28.4 Å². The largest absolute Gasteiger partial charge is 0.480 e. The summed E-state index contributed by atoms with van der Waals surface area (Å²) < 4.78 is 28.4. The monoisotopic (exact) mass is 297 g/mol. The van der Waals surface area contributed by atoms with Crippen molar-refractivity contribution in [2.75, 3.05) is 13.7 Å². The third kappa shape index (κ3) is 2.37. The Hall–Kier alpha value is -2.35. The number of carbonyl (C=O) groups is 2. The molecular weight excluding hydrogens is 286 g/mol. The third-order valence-electron chi connectivity index (χ3n) is 2.72. The van der Waals surface area contributed by atoms with Crippen LogP contribution in [0.5, 0.6) is 0 Å². The van der Waals surface area contributed by atoms with Gasteiger partial charge < -0.3 is 9.84 Å². The Balaban J connectivity index is 2.55. The van der Waals surface area contributed by atoms with E-state index in [9.17, 15) is 18.0 Å². The van der Waals surface area contributed by atoms with Gasteiger partial charge in [-0.25, -0.2) is 13.2 Å². The van der Waals surface area contributed by atoms with Crippen molar-refractivity contribution in [2.24, 2.45) is 0 Å². The van der Waals surface area contributed by atoms with Crippen molar-refractivity contribution in [1.29, 1.82) is 0 Å². The van der Waals surface area contributed by atoms with E-state index in [1.54, 1.807) is 12.1 Å². The van der Waals surface area contributed by atoms with Crippen molar-refractivity contribution in [2.45, 2.75) is 4.90 Å². The van der Waals surface area contributed by atoms with E-state index >= 15 is 0 Å². The van der Waals surface area contributed by atoms with Crippen molar-refractivity contribution >= 4 is 27.6 Å². The van der Waals surface area contributed by atoms with E-state index in [-0.39, 0.29) is 16.2 Å². The van der Waals surface area contributed by atoms with Gasteiger partial charge in [-0.15, -0.1) is 0 Å². The predicted octanol–water partition coefficient (Wildman–Crippen LogP) is 0.925. The van der Waals surface area contributed by atoms with Crippen LogP contribution in [0.15, 0.2) is 34.6 Å². The molecule has 0 radical (unpaired) electrons. The van der Waals surface area contributed by atoms with Gasteiger partial charge in [0.2, 0.25) is 9.84 Å². The number of nitrogens with zero attached hydrogens (tertiary/aromatic N) is 1. The second-order valence-electron chi connectivity index (χ2n) is 3.99. The van der Waals surface area contributed by atoms with Crippen molar-refractivity contribution in [3.05, 3.63) is 35.2 Å². The van der Waals surface area contributed by atoms with Crippen molar-refractivity contribution < 1.29 is 27.9 Å². The summed E-state index contributed by atoms with van der Waals surface area (Å²) >= 11 is 0. The lowest BCUT2D eigenvalue weighted by atomic mass is 10.1. The molecule has 1 aromatic carbocycles. The number of methoxy groups -OCH3 is 1. The number of hydrogen-bond acceptors (Lipinski definition) is 5. The first-order chi connectivity index (χ1) is 9.36. The quantitative estimate of drug-likeness (QED) is 0.890. The molecular formula is C12H11NO6S. The molecule has 1 amide bonds. The van der Waals surface area contributed by atoms with Crippen LogP contribution in [0, 0.1) is 0 Å². The lowest BCUT2D eigenvalue weighted by Crippen LogP contribution is -2.33. The number of rotatable bonds is 3. The molecule has 1 N–H and O–H groups in total. The molecule has 1 aliphatic heterocycles. The summed E-state index contributed by atoms with van der Waals surface area (Å²) in [5.74, 6) is -1.28. The summed E-state index contributed by atoms with van der Waals surface area (Å²) in [5, 5.41) is 9.71. The van der Waals surface area contributed by atoms with Gasteiger partial charge in [-0.3, -0.25) is 9.69 Å². The Morgan fingerprint density at radius 2 is 1.95 bits per heavy atom. The highest BCUT2D eigenvalue weighted by atomic mass is 32.2. The van der Waals surface area contributed by atoms with Gasteiger partial charge in [0.05, 0.1) is 23.1 Å². The highest BCUT2D eigenvalue weighted by Gasteiger charge is 2.33. The Kier molecular flexibility index (Phi) is 3.49. The van der Waals surface area contributed by atoms with Crippen LogP contribution in [-0.4, -0.2) is 44.1 Å². The molecule has 0 saturated heterocycles. The Labute approximate surface area is 115 Å². The summed E-state index contributed by atoms with van der Waals surface area (Å²) in [6.45, 7) is -0.692. The maximum atomic E-state index is 12.0. The van der Waals surface area contributed by atoms with E-state index in [0.29, 0.717) is 0 Å². The van der Waals surface area contributed by atoms with Gasteiger partial charge in [-0.05, 0) is 6.07 Å². The van der Waals surface area contributed by atoms with E-state index in [1.807, 2.05) is 0 Å². The standard InChI is InChI=1S/C12H11NO6S/c1-19-12(16)13(6-11(14)15)9-7-20(17,18)10-5-3-2-4-8(9)10/h2-5,7H,6H2,1H3,(H,14,15). The number of amides is 1. The number of aliphatic carboxylic acids is 1. The third-order valence-corrected chi connectivity index (χ3v) is 4.22. The minimum Gasteiger partial charge on any atom is -0.480 e. The molecule has 0 bridgehead atoms. The van der Waals surface area contributed by atoms with Crippen LogP contribution in [-0.2, 0) is 19.4 Å². The molecule has 0 aliphatic carbocycles. The topological polar surface area (TPSA) is 101 Å². The molecule has 0 aromatic heterocycles. The SMILES string of the molecule is COC(=O)N(CC(=O)O)C1=CS(=O)(=O)c2ccccc21. The molecule has 0 atom stereocenters. The van der Waals surface area contributed by atoms with E-state index in [1.165, 1.54) is 12.1 Å². The maximum absolute atomic E-state index is 12.0. The van der Waals surface area contributed by atoms with Gasteiger partial charge in [-0.1, -0.05) is 18.2 Å². The zero-order valence-corrected chi connectivity index (χ0v) is 11.3. The number of sulfone groups is 1. The average Bonchev–Trinajstić information content (AvgIpc) is 2.67. The minimum absolute atomic E-state index is 0.00477. The summed E-state index contributed by atoms with van der Waals surface area (Å²) in [6, 6.07) is 6.05. The highest BCUT2D eigenvalue weighted by Crippen LogP contribution is 2.35. The van der Waals surface area contributed by atoms with Crippen molar-refractivity contribution in [3.8, 4) is 0 Å². The predicted molar refractivity (Wildman–Crippen MR) is 68.4 cm³/mol. The van der Waals surface area contributed by atoms with Gasteiger partial charge in [0.25, 0.3) is 0 Å².